The maximum Gasteiger partial charge on any atom is 0.177 e. The van der Waals surface area contributed by atoms with Gasteiger partial charge < -0.3 is 11.1 Å². The Morgan fingerprint density at radius 3 is 2.76 bits per heavy atom. The highest BCUT2D eigenvalue weighted by Crippen LogP contribution is 2.34. The number of nitrogens with one attached hydrogen (secondary N) is 1. The van der Waals surface area contributed by atoms with Crippen LogP contribution in [0.25, 0.3) is 16.9 Å². The lowest BCUT2D eigenvalue weighted by molar-refractivity contribution is 0.0975. The molecule has 6 nitrogen and oxygen atoms in total. The molecule has 0 spiro atoms. The Hall–Kier alpha value is -2.25. The fourth-order valence-electron chi connectivity index (χ4n) is 3.42. The van der Waals surface area contributed by atoms with E-state index in [4.69, 9.17) is 5.73 Å². The monoisotopic (exact) mass is 455 g/mol. The van der Waals surface area contributed by atoms with E-state index in [2.05, 4.69) is 31.3 Å². The number of nitrogens with zero attached hydrogens (tertiary/aromatic N) is 3. The number of anilines is 1. The van der Waals surface area contributed by atoms with E-state index < -0.39 is 0 Å². The molecule has 3 N–H and O–H groups in total. The topological polar surface area (TPSA) is 85.3 Å². The van der Waals surface area contributed by atoms with Crippen molar-refractivity contribution >= 4 is 33.0 Å². The molecule has 0 amide bonds. The third-order valence-corrected chi connectivity index (χ3v) is 5.55. The highest BCUT2D eigenvalue weighted by molar-refractivity contribution is 9.10. The fourth-order valence-corrected chi connectivity index (χ4v) is 3.81. The minimum atomic E-state index is -0.345. The van der Waals surface area contributed by atoms with Gasteiger partial charge in [0.1, 0.15) is 4.60 Å². The van der Waals surface area contributed by atoms with Gasteiger partial charge in [-0.3, -0.25) is 4.79 Å². The van der Waals surface area contributed by atoms with Crippen molar-refractivity contribution < 1.29 is 4.79 Å². The molecule has 0 saturated heterocycles. The summed E-state index contributed by atoms with van der Waals surface area (Å²) in [5.74, 6) is 0.831. The van der Waals surface area contributed by atoms with Crippen LogP contribution in [-0.4, -0.2) is 32.5 Å². The molecule has 0 radical (unpaired) electrons. The molecule has 3 aromatic rings. The van der Waals surface area contributed by atoms with E-state index in [-0.39, 0.29) is 11.3 Å². The summed E-state index contributed by atoms with van der Waals surface area (Å²) >= 11 is 3.49. The SMILES string of the molecule is Cc1cc(-c2cnc3c(NCC(C)(C)N)cc(Br)nn23)ccc1C(=O)CC1CC1. The van der Waals surface area contributed by atoms with Crippen molar-refractivity contribution in [3.8, 4) is 11.3 Å². The van der Waals surface area contributed by atoms with Crippen molar-refractivity contribution in [1.29, 1.82) is 0 Å². The van der Waals surface area contributed by atoms with Crippen LogP contribution in [-0.2, 0) is 0 Å². The smallest absolute Gasteiger partial charge is 0.177 e. The molecule has 29 heavy (non-hydrogen) atoms. The number of benzene rings is 1. The zero-order chi connectivity index (χ0) is 20.8. The Bertz CT molecular complexity index is 1080. The van der Waals surface area contributed by atoms with Gasteiger partial charge in [0.25, 0.3) is 0 Å². The Kier molecular flexibility index (Phi) is 5.21. The number of aryl methyl sites for hydroxylation is 1. The molecule has 1 aliphatic rings. The van der Waals surface area contributed by atoms with Gasteiger partial charge in [0.2, 0.25) is 0 Å². The van der Waals surface area contributed by atoms with Gasteiger partial charge in [-0.2, -0.15) is 5.10 Å². The number of hydrogen-bond donors (Lipinski definition) is 2. The summed E-state index contributed by atoms with van der Waals surface area (Å²) in [6.45, 7) is 6.54. The standard InChI is InChI=1S/C22H26BrN5O/c1-13-8-15(6-7-16(13)19(29)9-14-4-5-14)18-11-25-21-17(26-12-22(2,3)24)10-20(23)27-28(18)21/h6-8,10-11,14,26H,4-5,9,12,24H2,1-3H3. The first kappa shape index (κ1) is 20.0. The van der Waals surface area contributed by atoms with Crippen molar-refractivity contribution in [3.63, 3.8) is 0 Å². The third-order valence-electron chi connectivity index (χ3n) is 5.17. The first-order chi connectivity index (χ1) is 13.7. The largest absolute Gasteiger partial charge is 0.380 e. The molecule has 152 valence electrons. The Labute approximate surface area is 179 Å². The molecule has 0 atom stereocenters. The molecule has 2 aromatic heterocycles. The lowest BCUT2D eigenvalue weighted by Crippen LogP contribution is -2.39. The van der Waals surface area contributed by atoms with E-state index in [0.29, 0.717) is 23.5 Å². The molecular formula is C22H26BrN5O. The van der Waals surface area contributed by atoms with Crippen molar-refractivity contribution in [3.05, 3.63) is 46.2 Å². The van der Waals surface area contributed by atoms with Crippen LogP contribution < -0.4 is 11.1 Å². The Morgan fingerprint density at radius 2 is 2.10 bits per heavy atom. The van der Waals surface area contributed by atoms with E-state index in [1.54, 1.807) is 0 Å². The first-order valence-corrected chi connectivity index (χ1v) is 10.7. The summed E-state index contributed by atoms with van der Waals surface area (Å²) in [5, 5.41) is 7.95. The number of imidazole rings is 1. The molecule has 1 saturated carbocycles. The van der Waals surface area contributed by atoms with Crippen LogP contribution >= 0.6 is 15.9 Å². The number of rotatable bonds is 7. The van der Waals surface area contributed by atoms with Gasteiger partial charge in [0, 0.05) is 29.6 Å². The number of carbonyl (C=O) groups is 1. The molecule has 2 heterocycles. The van der Waals surface area contributed by atoms with Crippen molar-refractivity contribution in [2.45, 2.75) is 45.6 Å². The second kappa shape index (κ2) is 7.54. The maximum atomic E-state index is 12.5. The lowest BCUT2D eigenvalue weighted by Gasteiger charge is -2.20. The predicted octanol–water partition coefficient (Wildman–Crippen LogP) is 4.60. The van der Waals surface area contributed by atoms with Gasteiger partial charge in [0.15, 0.2) is 11.4 Å². The van der Waals surface area contributed by atoms with Crippen LogP contribution in [0.1, 0.15) is 49.0 Å². The van der Waals surface area contributed by atoms with Crippen molar-refractivity contribution in [2.75, 3.05) is 11.9 Å². The van der Waals surface area contributed by atoms with E-state index >= 15 is 0 Å². The van der Waals surface area contributed by atoms with Crippen LogP contribution in [0.3, 0.4) is 0 Å². The number of carbonyl (C=O) groups excluding carboxylic acids is 1. The molecule has 0 unspecified atom stereocenters. The predicted molar refractivity (Wildman–Crippen MR) is 119 cm³/mol. The summed E-state index contributed by atoms with van der Waals surface area (Å²) in [6.07, 6.45) is 4.84. The van der Waals surface area contributed by atoms with Crippen molar-refractivity contribution in [2.24, 2.45) is 11.7 Å². The van der Waals surface area contributed by atoms with E-state index in [0.717, 1.165) is 33.7 Å². The first-order valence-electron chi connectivity index (χ1n) is 9.92. The van der Waals surface area contributed by atoms with Crippen LogP contribution in [0.15, 0.2) is 35.1 Å². The van der Waals surface area contributed by atoms with Gasteiger partial charge in [-0.25, -0.2) is 9.50 Å². The second-order valence-electron chi connectivity index (χ2n) is 8.70. The van der Waals surface area contributed by atoms with Gasteiger partial charge in [0.05, 0.1) is 17.6 Å². The van der Waals surface area contributed by atoms with E-state index in [1.807, 2.05) is 55.7 Å². The minimum Gasteiger partial charge on any atom is -0.380 e. The van der Waals surface area contributed by atoms with E-state index in [9.17, 15) is 4.79 Å². The average Bonchev–Trinajstić information content (AvgIpc) is 3.35. The van der Waals surface area contributed by atoms with Gasteiger partial charge >= 0.3 is 0 Å². The van der Waals surface area contributed by atoms with Crippen LogP contribution in [0.5, 0.6) is 0 Å². The fraction of sp³-hybridized carbons (Fsp3) is 0.409. The number of halogens is 1. The highest BCUT2D eigenvalue weighted by atomic mass is 79.9. The number of nitrogens with two attached hydrogens (primary N) is 1. The highest BCUT2D eigenvalue weighted by Gasteiger charge is 2.25. The number of fused-ring (bicyclic) bond motifs is 1. The molecule has 0 bridgehead atoms. The summed E-state index contributed by atoms with van der Waals surface area (Å²) in [4.78, 5) is 17.1. The number of aromatic nitrogens is 3. The maximum absolute atomic E-state index is 12.5. The molecule has 1 aliphatic carbocycles. The van der Waals surface area contributed by atoms with Crippen molar-refractivity contribution in [1.82, 2.24) is 14.6 Å². The third kappa shape index (κ3) is 4.51. The summed E-state index contributed by atoms with van der Waals surface area (Å²) in [5.41, 5.74) is 11.0. The second-order valence-corrected chi connectivity index (χ2v) is 9.51. The lowest BCUT2D eigenvalue weighted by atomic mass is 9.98. The van der Waals surface area contributed by atoms with Crippen LogP contribution in [0.2, 0.25) is 0 Å². The average molecular weight is 456 g/mol. The summed E-state index contributed by atoms with van der Waals surface area (Å²) < 4.78 is 2.52. The van der Waals surface area contributed by atoms with Gasteiger partial charge in [-0.1, -0.05) is 12.1 Å². The Balaban J connectivity index is 1.68. The molecule has 7 heteroatoms. The van der Waals surface area contributed by atoms with Crippen LogP contribution in [0.4, 0.5) is 5.69 Å². The van der Waals surface area contributed by atoms with Gasteiger partial charge in [-0.05, 0) is 73.2 Å². The number of hydrogen-bond acceptors (Lipinski definition) is 5. The summed E-state index contributed by atoms with van der Waals surface area (Å²) in [7, 11) is 0. The van der Waals surface area contributed by atoms with E-state index in [1.165, 1.54) is 12.8 Å². The number of ketones is 1. The molecule has 0 aliphatic heterocycles. The normalized spacial score (nSPS) is 14.4. The molecule has 1 aromatic carbocycles. The Morgan fingerprint density at radius 1 is 1.34 bits per heavy atom. The van der Waals surface area contributed by atoms with Gasteiger partial charge in [-0.15, -0.1) is 0 Å². The molecule has 4 rings (SSSR count). The summed E-state index contributed by atoms with van der Waals surface area (Å²) in [6, 6.07) is 7.86. The zero-order valence-corrected chi connectivity index (χ0v) is 18.6. The minimum absolute atomic E-state index is 0.242. The van der Waals surface area contributed by atoms with Crippen LogP contribution in [0, 0.1) is 12.8 Å². The quantitative estimate of drug-likeness (QED) is 0.508. The molecule has 1 fully saturated rings. The zero-order valence-electron chi connectivity index (χ0n) is 17.0. The molecular weight excluding hydrogens is 430 g/mol. The number of Topliss-reactive ketones (excluding diaryl/α,β-unsaturated/α-hetero) is 1.